The van der Waals surface area contributed by atoms with Gasteiger partial charge in [-0.15, -0.1) is 23.7 Å². The lowest BCUT2D eigenvalue weighted by atomic mass is 10.1. The van der Waals surface area contributed by atoms with Gasteiger partial charge in [-0.25, -0.2) is 0 Å². The van der Waals surface area contributed by atoms with Crippen molar-refractivity contribution in [1.29, 1.82) is 0 Å². The van der Waals surface area contributed by atoms with Crippen LogP contribution < -0.4 is 5.73 Å². The molecule has 0 amide bonds. The minimum absolute atomic E-state index is 0. The molecule has 0 aromatic carbocycles. The van der Waals surface area contributed by atoms with Gasteiger partial charge in [-0.3, -0.25) is 0 Å². The van der Waals surface area contributed by atoms with Gasteiger partial charge in [0.1, 0.15) is 0 Å². The van der Waals surface area contributed by atoms with Gasteiger partial charge in [0.15, 0.2) is 0 Å². The lowest BCUT2D eigenvalue weighted by molar-refractivity contribution is -0.136. The van der Waals surface area contributed by atoms with Crippen molar-refractivity contribution in [2.24, 2.45) is 5.73 Å². The van der Waals surface area contributed by atoms with Crippen LogP contribution >= 0.6 is 39.7 Å². The fraction of sp³-hybridized carbons (Fsp3) is 0.500. The van der Waals surface area contributed by atoms with Gasteiger partial charge in [-0.2, -0.15) is 13.2 Å². The molecule has 1 nitrogen and oxygen atoms in total. The Bertz CT molecular complexity index is 302. The Balaban J connectivity index is 0.00000196. The molecule has 0 spiro atoms. The van der Waals surface area contributed by atoms with Crippen molar-refractivity contribution in [3.05, 3.63) is 20.8 Å². The Kier molecular flexibility index (Phi) is 6.17. The van der Waals surface area contributed by atoms with Crippen LogP contribution in [0.5, 0.6) is 0 Å². The molecule has 88 valence electrons. The fourth-order valence-electron chi connectivity index (χ4n) is 1.02. The summed E-state index contributed by atoms with van der Waals surface area (Å²) in [5, 5.41) is 1.80. The highest BCUT2D eigenvalue weighted by Gasteiger charge is 2.28. The molecule has 1 atom stereocenters. The van der Waals surface area contributed by atoms with E-state index in [1.165, 1.54) is 11.3 Å². The Hall–Kier alpha value is 0.220. The number of rotatable bonds is 3. The highest BCUT2D eigenvalue weighted by Crippen LogP contribution is 2.32. The van der Waals surface area contributed by atoms with Gasteiger partial charge in [0.2, 0.25) is 0 Å². The van der Waals surface area contributed by atoms with Crippen molar-refractivity contribution in [1.82, 2.24) is 0 Å². The zero-order valence-corrected chi connectivity index (χ0v) is 10.8. The fourth-order valence-corrected chi connectivity index (χ4v) is 2.73. The first kappa shape index (κ1) is 15.2. The largest absolute Gasteiger partial charge is 0.389 e. The number of hydrogen-bond acceptors (Lipinski definition) is 2. The average molecular weight is 325 g/mol. The van der Waals surface area contributed by atoms with Gasteiger partial charge >= 0.3 is 6.18 Å². The van der Waals surface area contributed by atoms with Gasteiger partial charge < -0.3 is 5.73 Å². The molecule has 0 bridgehead atoms. The van der Waals surface area contributed by atoms with Crippen molar-refractivity contribution < 1.29 is 13.2 Å². The molecule has 0 fully saturated rings. The predicted octanol–water partition coefficient (Wildman–Crippen LogP) is 4.27. The minimum atomic E-state index is -4.12. The van der Waals surface area contributed by atoms with Crippen molar-refractivity contribution in [2.45, 2.75) is 25.1 Å². The number of halogens is 5. The molecule has 7 heteroatoms. The first-order chi connectivity index (χ1) is 6.40. The first-order valence-corrected chi connectivity index (χ1v) is 5.62. The number of thiophene rings is 1. The number of alkyl halides is 3. The SMILES string of the molecule is Cl.N[C@@H](CCC(F)(F)F)c1sccc1Br. The molecular weight excluding hydrogens is 315 g/mol. The molecule has 0 aliphatic carbocycles. The maximum Gasteiger partial charge on any atom is 0.389 e. The lowest BCUT2D eigenvalue weighted by Crippen LogP contribution is -2.15. The van der Waals surface area contributed by atoms with Crippen molar-refractivity contribution in [3.8, 4) is 0 Å². The monoisotopic (exact) mass is 323 g/mol. The van der Waals surface area contributed by atoms with Crippen molar-refractivity contribution >= 4 is 39.7 Å². The third kappa shape index (κ3) is 5.19. The first-order valence-electron chi connectivity index (χ1n) is 3.95. The molecule has 1 rings (SSSR count). The summed E-state index contributed by atoms with van der Waals surface area (Å²) < 4.78 is 36.5. The minimum Gasteiger partial charge on any atom is -0.323 e. The van der Waals surface area contributed by atoms with Crippen LogP contribution in [0.15, 0.2) is 15.9 Å². The molecule has 0 aliphatic heterocycles. The van der Waals surface area contributed by atoms with Crippen molar-refractivity contribution in [2.75, 3.05) is 0 Å². The molecule has 0 unspecified atom stereocenters. The molecule has 1 aromatic heterocycles. The second kappa shape index (κ2) is 6.08. The summed E-state index contributed by atoms with van der Waals surface area (Å²) in [6, 6.07) is 1.25. The van der Waals surface area contributed by atoms with E-state index in [1.807, 2.05) is 0 Å². The summed E-state index contributed by atoms with van der Waals surface area (Å²) >= 11 is 4.61. The van der Waals surface area contributed by atoms with Crippen LogP contribution in [0.1, 0.15) is 23.8 Å². The summed E-state index contributed by atoms with van der Waals surface area (Å²) in [4.78, 5) is 0.772. The molecule has 1 heterocycles. The predicted molar refractivity (Wildman–Crippen MR) is 61.5 cm³/mol. The number of hydrogen-bond donors (Lipinski definition) is 1. The third-order valence-corrected chi connectivity index (χ3v) is 3.72. The Morgan fingerprint density at radius 2 is 2.07 bits per heavy atom. The lowest BCUT2D eigenvalue weighted by Gasteiger charge is -2.12. The summed E-state index contributed by atoms with van der Waals surface area (Å²) in [6.45, 7) is 0. The van der Waals surface area contributed by atoms with Crippen LogP contribution in [0.4, 0.5) is 13.2 Å². The van der Waals surface area contributed by atoms with Crippen molar-refractivity contribution in [3.63, 3.8) is 0 Å². The van der Waals surface area contributed by atoms with E-state index in [-0.39, 0.29) is 18.8 Å². The van der Waals surface area contributed by atoms with Crippen LogP contribution in [0.3, 0.4) is 0 Å². The van der Waals surface area contributed by atoms with Crippen LogP contribution in [0, 0.1) is 0 Å². The summed E-state index contributed by atoms with van der Waals surface area (Å²) in [6.07, 6.45) is -5.03. The zero-order chi connectivity index (χ0) is 10.8. The van der Waals surface area contributed by atoms with Crippen LogP contribution in [0.25, 0.3) is 0 Å². The molecule has 2 N–H and O–H groups in total. The topological polar surface area (TPSA) is 26.0 Å². The maximum atomic E-state index is 11.9. The molecular formula is C8H10BrClF3NS. The average Bonchev–Trinajstić information content (AvgIpc) is 2.46. The van der Waals surface area contributed by atoms with Gasteiger partial charge in [0, 0.05) is 21.8 Å². The smallest absolute Gasteiger partial charge is 0.323 e. The summed E-state index contributed by atoms with van der Waals surface area (Å²) in [7, 11) is 0. The quantitative estimate of drug-likeness (QED) is 0.882. The van der Waals surface area contributed by atoms with E-state index in [1.54, 1.807) is 11.4 Å². The molecule has 0 aliphatic rings. The van der Waals surface area contributed by atoms with Gasteiger partial charge in [0.05, 0.1) is 0 Å². The van der Waals surface area contributed by atoms with Gasteiger partial charge in [0.25, 0.3) is 0 Å². The molecule has 1 aromatic rings. The van der Waals surface area contributed by atoms with Crippen LogP contribution in [-0.2, 0) is 0 Å². The Morgan fingerprint density at radius 1 is 1.47 bits per heavy atom. The molecule has 15 heavy (non-hydrogen) atoms. The Labute approximate surface area is 104 Å². The third-order valence-electron chi connectivity index (χ3n) is 1.72. The summed E-state index contributed by atoms with van der Waals surface area (Å²) in [5.41, 5.74) is 5.63. The zero-order valence-electron chi connectivity index (χ0n) is 7.55. The van der Waals surface area contributed by atoms with Gasteiger partial charge in [-0.1, -0.05) is 0 Å². The van der Waals surface area contributed by atoms with E-state index in [0.29, 0.717) is 0 Å². The normalized spacial score (nSPS) is 13.4. The van der Waals surface area contributed by atoms with E-state index in [4.69, 9.17) is 5.73 Å². The standard InChI is InChI=1S/C8H9BrF3NS.ClH/c9-5-2-4-14-7(5)6(13)1-3-8(10,11)12;/h2,4,6H,1,3,13H2;1H/t6-;/m0./s1. The molecule has 0 saturated carbocycles. The number of nitrogens with two attached hydrogens (primary N) is 1. The van der Waals surface area contributed by atoms with Gasteiger partial charge in [-0.05, 0) is 33.8 Å². The highest BCUT2D eigenvalue weighted by atomic mass is 79.9. The summed E-state index contributed by atoms with van der Waals surface area (Å²) in [5.74, 6) is 0. The van der Waals surface area contributed by atoms with Crippen LogP contribution in [0.2, 0.25) is 0 Å². The highest BCUT2D eigenvalue weighted by molar-refractivity contribution is 9.10. The van der Waals surface area contributed by atoms with Crippen LogP contribution in [-0.4, -0.2) is 6.18 Å². The van der Waals surface area contributed by atoms with E-state index in [9.17, 15) is 13.2 Å². The maximum absolute atomic E-state index is 11.9. The molecule has 0 saturated heterocycles. The van der Waals surface area contributed by atoms with E-state index in [2.05, 4.69) is 15.9 Å². The van der Waals surface area contributed by atoms with E-state index >= 15 is 0 Å². The Morgan fingerprint density at radius 3 is 2.47 bits per heavy atom. The second-order valence-electron chi connectivity index (χ2n) is 2.89. The van der Waals surface area contributed by atoms with E-state index in [0.717, 1.165) is 9.35 Å². The molecule has 0 radical (unpaired) electrons. The van der Waals surface area contributed by atoms with E-state index < -0.39 is 18.6 Å². The second-order valence-corrected chi connectivity index (χ2v) is 4.70.